The Bertz CT molecular complexity index is 280. The minimum Gasteiger partial charge on any atom is -0.292 e. The molecule has 1 aromatic heterocycles. The van der Waals surface area contributed by atoms with E-state index in [1.54, 1.807) is 11.3 Å². The number of hydrogen-bond acceptors (Lipinski definition) is 2. The van der Waals surface area contributed by atoms with Crippen molar-refractivity contribution in [3.63, 3.8) is 0 Å². The molecule has 1 nitrogen and oxygen atoms in total. The lowest BCUT2D eigenvalue weighted by Gasteiger charge is -2.01. The Kier molecular flexibility index (Phi) is 3.47. The van der Waals surface area contributed by atoms with E-state index in [4.69, 9.17) is 0 Å². The van der Waals surface area contributed by atoms with Gasteiger partial charge in [0, 0.05) is 4.88 Å². The maximum absolute atomic E-state index is 11.6. The van der Waals surface area contributed by atoms with Gasteiger partial charge in [-0.05, 0) is 25.5 Å². The van der Waals surface area contributed by atoms with Gasteiger partial charge in [0.15, 0.2) is 5.78 Å². The van der Waals surface area contributed by atoms with Crippen molar-refractivity contribution in [3.05, 3.63) is 21.9 Å². The van der Waals surface area contributed by atoms with Crippen molar-refractivity contribution in [3.8, 4) is 0 Å². The third kappa shape index (κ3) is 2.17. The summed E-state index contributed by atoms with van der Waals surface area (Å²) in [6, 6.07) is 3.87. The molecule has 12 heavy (non-hydrogen) atoms. The van der Waals surface area contributed by atoms with Gasteiger partial charge in [0.2, 0.25) is 0 Å². The van der Waals surface area contributed by atoms with Crippen LogP contribution in [0.1, 0.15) is 27.9 Å². The molecule has 0 radical (unpaired) electrons. The predicted octanol–water partition coefficient (Wildman–Crippen LogP) is 3.41. The van der Waals surface area contributed by atoms with Crippen LogP contribution in [0.5, 0.6) is 0 Å². The number of carbonyl (C=O) groups is 1. The smallest absolute Gasteiger partial charge is 0.186 e. The molecular formula is C9H11BrOS. The van der Waals surface area contributed by atoms with E-state index in [0.29, 0.717) is 0 Å². The third-order valence-electron chi connectivity index (χ3n) is 1.63. The van der Waals surface area contributed by atoms with Gasteiger partial charge in [0.25, 0.3) is 0 Å². The van der Waals surface area contributed by atoms with Gasteiger partial charge in [-0.15, -0.1) is 11.3 Å². The van der Waals surface area contributed by atoms with Gasteiger partial charge in [-0.2, -0.15) is 0 Å². The summed E-state index contributed by atoms with van der Waals surface area (Å²) in [4.78, 5) is 13.6. The van der Waals surface area contributed by atoms with E-state index in [2.05, 4.69) is 15.9 Å². The molecular weight excluding hydrogens is 236 g/mol. The average molecular weight is 247 g/mol. The molecule has 0 spiro atoms. The monoisotopic (exact) mass is 246 g/mol. The van der Waals surface area contributed by atoms with Crippen molar-refractivity contribution in [1.82, 2.24) is 0 Å². The number of Topliss-reactive ketones (excluding diaryl/α,β-unsaturated/α-hetero) is 1. The van der Waals surface area contributed by atoms with Crippen LogP contribution in [-0.4, -0.2) is 10.6 Å². The Morgan fingerprint density at radius 2 is 2.33 bits per heavy atom. The molecule has 1 aromatic rings. The third-order valence-corrected chi connectivity index (χ3v) is 3.70. The van der Waals surface area contributed by atoms with Crippen LogP contribution in [0.15, 0.2) is 12.1 Å². The fraction of sp³-hybridized carbons (Fsp3) is 0.444. The Balaban J connectivity index is 2.78. The first-order chi connectivity index (χ1) is 5.65. The van der Waals surface area contributed by atoms with E-state index >= 15 is 0 Å². The Morgan fingerprint density at radius 1 is 1.67 bits per heavy atom. The van der Waals surface area contributed by atoms with Crippen LogP contribution >= 0.6 is 27.3 Å². The van der Waals surface area contributed by atoms with Crippen molar-refractivity contribution in [2.45, 2.75) is 25.1 Å². The topological polar surface area (TPSA) is 17.1 Å². The summed E-state index contributed by atoms with van der Waals surface area (Å²) < 4.78 is 0. The van der Waals surface area contributed by atoms with Gasteiger partial charge in [-0.25, -0.2) is 0 Å². The fourth-order valence-corrected chi connectivity index (χ4v) is 2.17. The number of alkyl halides is 1. The highest BCUT2D eigenvalue weighted by Gasteiger charge is 2.15. The zero-order chi connectivity index (χ0) is 9.14. The lowest BCUT2D eigenvalue weighted by atomic mass is 10.2. The molecule has 0 aliphatic heterocycles. The molecule has 0 bridgehead atoms. The first-order valence-corrected chi connectivity index (χ1v) is 5.63. The Morgan fingerprint density at radius 3 is 2.75 bits per heavy atom. The van der Waals surface area contributed by atoms with Crippen molar-refractivity contribution in [1.29, 1.82) is 0 Å². The molecule has 0 aromatic carbocycles. The van der Waals surface area contributed by atoms with Crippen LogP contribution < -0.4 is 0 Å². The zero-order valence-electron chi connectivity index (χ0n) is 7.13. The minimum atomic E-state index is -0.0180. The molecule has 3 heteroatoms. The van der Waals surface area contributed by atoms with Gasteiger partial charge in [-0.3, -0.25) is 4.79 Å². The summed E-state index contributed by atoms with van der Waals surface area (Å²) in [6.07, 6.45) is 0.843. The molecule has 1 unspecified atom stereocenters. The normalized spacial score (nSPS) is 12.9. The molecule has 0 fully saturated rings. The summed E-state index contributed by atoms with van der Waals surface area (Å²) in [6.45, 7) is 4.01. The summed E-state index contributed by atoms with van der Waals surface area (Å²) in [5.41, 5.74) is 0. The predicted molar refractivity (Wildman–Crippen MR) is 56.4 cm³/mol. The van der Waals surface area contributed by atoms with E-state index in [1.165, 1.54) is 4.88 Å². The molecule has 1 rings (SSSR count). The van der Waals surface area contributed by atoms with E-state index < -0.39 is 0 Å². The lowest BCUT2D eigenvalue weighted by Crippen LogP contribution is -2.10. The average Bonchev–Trinajstić information content (AvgIpc) is 2.49. The number of halogens is 1. The van der Waals surface area contributed by atoms with Gasteiger partial charge in [0.05, 0.1) is 9.70 Å². The first-order valence-electron chi connectivity index (χ1n) is 3.90. The second-order valence-corrected chi connectivity index (χ2v) is 5.04. The van der Waals surface area contributed by atoms with Gasteiger partial charge >= 0.3 is 0 Å². The number of carbonyl (C=O) groups excluding carboxylic acids is 1. The minimum absolute atomic E-state index is 0.0180. The van der Waals surface area contributed by atoms with E-state index in [0.717, 1.165) is 11.3 Å². The van der Waals surface area contributed by atoms with Crippen LogP contribution in [0.25, 0.3) is 0 Å². The van der Waals surface area contributed by atoms with Crippen LogP contribution in [0.4, 0.5) is 0 Å². The lowest BCUT2D eigenvalue weighted by molar-refractivity contribution is 0.0994. The Labute approximate surface area is 84.9 Å². The second-order valence-electron chi connectivity index (χ2n) is 2.65. The van der Waals surface area contributed by atoms with Crippen molar-refractivity contribution >= 4 is 33.0 Å². The summed E-state index contributed by atoms with van der Waals surface area (Å²) >= 11 is 4.91. The van der Waals surface area contributed by atoms with Crippen LogP contribution in [0, 0.1) is 6.92 Å². The van der Waals surface area contributed by atoms with Crippen molar-refractivity contribution in [2.24, 2.45) is 0 Å². The standard InChI is InChI=1S/C9H11BrOS/c1-3-7(10)9(11)8-5-4-6(2)12-8/h4-5,7H,3H2,1-2H3. The van der Waals surface area contributed by atoms with Crippen molar-refractivity contribution in [2.75, 3.05) is 0 Å². The number of aryl methyl sites for hydroxylation is 1. The maximum Gasteiger partial charge on any atom is 0.186 e. The highest BCUT2D eigenvalue weighted by atomic mass is 79.9. The fourth-order valence-electron chi connectivity index (χ4n) is 0.907. The van der Waals surface area contributed by atoms with Gasteiger partial charge in [-0.1, -0.05) is 22.9 Å². The van der Waals surface area contributed by atoms with Crippen LogP contribution in [-0.2, 0) is 0 Å². The number of hydrogen-bond donors (Lipinski definition) is 0. The summed E-state index contributed by atoms with van der Waals surface area (Å²) in [5.74, 6) is 0.204. The molecule has 0 amide bonds. The SMILES string of the molecule is CCC(Br)C(=O)c1ccc(C)s1. The zero-order valence-corrected chi connectivity index (χ0v) is 9.54. The number of rotatable bonds is 3. The second kappa shape index (κ2) is 4.19. The number of ketones is 1. The largest absolute Gasteiger partial charge is 0.292 e. The Hall–Kier alpha value is -0.150. The summed E-state index contributed by atoms with van der Waals surface area (Å²) in [7, 11) is 0. The van der Waals surface area contributed by atoms with Crippen LogP contribution in [0.2, 0.25) is 0 Å². The van der Waals surface area contributed by atoms with E-state index in [-0.39, 0.29) is 10.6 Å². The summed E-state index contributed by atoms with van der Waals surface area (Å²) in [5, 5.41) is 0. The molecule has 0 saturated heterocycles. The highest BCUT2D eigenvalue weighted by Crippen LogP contribution is 2.20. The van der Waals surface area contributed by atoms with Gasteiger partial charge in [0.1, 0.15) is 0 Å². The molecule has 0 saturated carbocycles. The molecule has 0 aliphatic carbocycles. The first kappa shape index (κ1) is 9.93. The quantitative estimate of drug-likeness (QED) is 0.590. The molecule has 0 aliphatic rings. The molecule has 66 valence electrons. The highest BCUT2D eigenvalue weighted by molar-refractivity contribution is 9.10. The van der Waals surface area contributed by atoms with Crippen molar-refractivity contribution < 1.29 is 4.79 Å². The van der Waals surface area contributed by atoms with Gasteiger partial charge < -0.3 is 0 Å². The molecule has 1 heterocycles. The van der Waals surface area contributed by atoms with E-state index in [9.17, 15) is 4.79 Å². The molecule has 0 N–H and O–H groups in total. The molecule has 1 atom stereocenters. The van der Waals surface area contributed by atoms with E-state index in [1.807, 2.05) is 26.0 Å². The maximum atomic E-state index is 11.6. The van der Waals surface area contributed by atoms with Crippen LogP contribution in [0.3, 0.4) is 0 Å². The number of thiophene rings is 1.